The number of benzene rings is 2. The van der Waals surface area contributed by atoms with Gasteiger partial charge in [0, 0.05) is 0 Å². The van der Waals surface area contributed by atoms with E-state index in [1.807, 2.05) is 0 Å². The molecule has 26 heavy (non-hydrogen) atoms. The van der Waals surface area contributed by atoms with Crippen molar-refractivity contribution in [2.24, 2.45) is 0 Å². The molecule has 2 aromatic carbocycles. The minimum atomic E-state index is -1.70. The Balaban J connectivity index is 0.000000980. The van der Waals surface area contributed by atoms with Gasteiger partial charge in [0.1, 0.15) is 0 Å². The van der Waals surface area contributed by atoms with Gasteiger partial charge in [-0.15, -0.1) is 0 Å². The molecule has 0 radical (unpaired) electrons. The molecule has 2 unspecified atom stereocenters. The Morgan fingerprint density at radius 1 is 0.692 bits per heavy atom. The minimum absolute atomic E-state index is 0. The van der Waals surface area contributed by atoms with Crippen molar-refractivity contribution in [3.05, 3.63) is 81.9 Å². The van der Waals surface area contributed by atoms with Crippen LogP contribution in [0.3, 0.4) is 0 Å². The molecule has 132 valence electrons. The first-order valence-corrected chi connectivity index (χ1v) is 13.7. The van der Waals surface area contributed by atoms with E-state index in [1.165, 1.54) is 0 Å². The van der Waals surface area contributed by atoms with Crippen LogP contribution < -0.4 is 24.8 Å². The Kier molecular flexibility index (Phi) is 5.27. The molecule has 1 aliphatic heterocycles. The summed E-state index contributed by atoms with van der Waals surface area (Å²) in [6, 6.07) is 18.6. The van der Waals surface area contributed by atoms with Crippen LogP contribution in [0.2, 0.25) is 13.1 Å². The number of halogens is 2. The molecule has 0 amide bonds. The number of hydrogen-bond donors (Lipinski definition) is 0. The number of hydrogen-bond acceptors (Lipinski definition) is 0. The topological polar surface area (TPSA) is 0 Å². The monoisotopic (exact) mass is 432 g/mol. The van der Waals surface area contributed by atoms with Crippen molar-refractivity contribution in [1.29, 1.82) is 0 Å². The number of allylic oxidation sites excluding steroid dienone is 2. The molecule has 1 heterocycles. The van der Waals surface area contributed by atoms with Gasteiger partial charge < -0.3 is 24.8 Å². The molecule has 0 N–H and O–H groups in total. The third-order valence-electron chi connectivity index (χ3n) is 6.32. The zero-order chi connectivity index (χ0) is 16.6. The predicted molar refractivity (Wildman–Crippen MR) is 101 cm³/mol. The summed E-state index contributed by atoms with van der Waals surface area (Å²) in [5.74, 6) is 0. The van der Waals surface area contributed by atoms with Crippen LogP contribution in [-0.4, -0.2) is 8.07 Å². The van der Waals surface area contributed by atoms with Crippen molar-refractivity contribution in [2.45, 2.75) is 35.4 Å². The van der Waals surface area contributed by atoms with E-state index in [0.29, 0.717) is 0 Å². The van der Waals surface area contributed by atoms with Crippen LogP contribution in [0.5, 0.6) is 0 Å². The Labute approximate surface area is 178 Å². The SMILES string of the molecule is CC1=C2c3ccccc3[CH]1[Ti+2][CH]1C(C)=C(c3ccccc31)[Si]2(C)C.[Cl-].[Cl-]. The van der Waals surface area contributed by atoms with Crippen LogP contribution in [0.25, 0.3) is 10.4 Å². The second-order valence-electron chi connectivity index (χ2n) is 7.95. The molecular formula is C22H22Cl2SiTi. The summed E-state index contributed by atoms with van der Waals surface area (Å²) in [7, 11) is -1.70. The fourth-order valence-electron chi connectivity index (χ4n) is 5.51. The van der Waals surface area contributed by atoms with Crippen LogP contribution in [0.1, 0.15) is 44.5 Å². The first-order chi connectivity index (χ1) is 11.5. The van der Waals surface area contributed by atoms with Crippen molar-refractivity contribution < 1.29 is 44.0 Å². The normalized spacial score (nSPS) is 23.5. The molecule has 2 aromatic rings. The zero-order valence-corrected chi connectivity index (χ0v) is 19.6. The second kappa shape index (κ2) is 6.79. The van der Waals surface area contributed by atoms with E-state index in [9.17, 15) is 0 Å². The Bertz CT molecular complexity index is 883. The maximum atomic E-state index is 2.59. The van der Waals surface area contributed by atoms with Crippen molar-refractivity contribution in [1.82, 2.24) is 0 Å². The van der Waals surface area contributed by atoms with Crippen LogP contribution in [0, 0.1) is 0 Å². The standard InChI is InChI=1S/C22H22Si.2ClH.Ti/c1-15-13-17-9-5-7-11-19(17)21(15)23(3,4)22-16(2)14-18-10-6-8-12-20(18)22;;;/h5-14H,1-4H3;2*1H;/q;;;+2/p-2. The summed E-state index contributed by atoms with van der Waals surface area (Å²) in [6.45, 7) is 10.1. The van der Waals surface area contributed by atoms with E-state index in [-0.39, 0.29) is 44.0 Å². The third kappa shape index (κ3) is 2.45. The van der Waals surface area contributed by atoms with Crippen LogP contribution >= 0.6 is 0 Å². The maximum absolute atomic E-state index is 2.59. The van der Waals surface area contributed by atoms with Gasteiger partial charge in [0.15, 0.2) is 0 Å². The zero-order valence-electron chi connectivity index (χ0n) is 15.5. The summed E-state index contributed by atoms with van der Waals surface area (Å²) in [5, 5.41) is 3.49. The summed E-state index contributed by atoms with van der Waals surface area (Å²) in [5.41, 5.74) is 9.90. The van der Waals surface area contributed by atoms with E-state index in [2.05, 4.69) is 75.5 Å². The molecule has 4 bridgehead atoms. The molecule has 0 fully saturated rings. The molecule has 0 aromatic heterocycles. The molecule has 5 rings (SSSR count). The van der Waals surface area contributed by atoms with Crippen molar-refractivity contribution >= 4 is 18.5 Å². The minimum Gasteiger partial charge on any atom is -1.00 e. The smallest absolute Gasteiger partial charge is 1.00 e. The third-order valence-corrected chi connectivity index (χ3v) is 13.5. The Morgan fingerprint density at radius 2 is 1.08 bits per heavy atom. The van der Waals surface area contributed by atoms with Gasteiger partial charge in [0.05, 0.1) is 0 Å². The molecule has 0 saturated carbocycles. The summed E-state index contributed by atoms with van der Waals surface area (Å²) in [4.78, 5) is 0. The Morgan fingerprint density at radius 3 is 1.50 bits per heavy atom. The summed E-state index contributed by atoms with van der Waals surface area (Å²) < 4.78 is 1.46. The maximum Gasteiger partial charge on any atom is -1.00 e. The average Bonchev–Trinajstić information content (AvgIpc) is 3.02. The summed E-state index contributed by atoms with van der Waals surface area (Å²) in [6.07, 6.45) is 0. The molecular weight excluding hydrogens is 411 g/mol. The van der Waals surface area contributed by atoms with Gasteiger partial charge in [-0.2, -0.15) is 0 Å². The first kappa shape index (κ1) is 20.2. The Hall–Kier alpha value is -0.569. The predicted octanol–water partition coefficient (Wildman–Crippen LogP) is -0.0659. The van der Waals surface area contributed by atoms with Gasteiger partial charge in [-0.1, -0.05) is 0 Å². The van der Waals surface area contributed by atoms with Gasteiger partial charge in [0.25, 0.3) is 0 Å². The van der Waals surface area contributed by atoms with E-state index >= 15 is 0 Å². The van der Waals surface area contributed by atoms with Gasteiger partial charge in [0.2, 0.25) is 0 Å². The van der Waals surface area contributed by atoms with Gasteiger partial charge in [-0.3, -0.25) is 0 Å². The quantitative estimate of drug-likeness (QED) is 0.511. The van der Waals surface area contributed by atoms with Crippen molar-refractivity contribution in [3.8, 4) is 0 Å². The fourth-order valence-corrected chi connectivity index (χ4v) is 13.4. The molecule has 3 aliphatic rings. The molecule has 2 atom stereocenters. The number of rotatable bonds is 0. The van der Waals surface area contributed by atoms with Crippen LogP contribution in [0.4, 0.5) is 0 Å². The van der Waals surface area contributed by atoms with Gasteiger partial charge in [-0.25, -0.2) is 0 Å². The van der Waals surface area contributed by atoms with E-state index in [1.54, 1.807) is 43.8 Å². The van der Waals surface area contributed by atoms with Gasteiger partial charge in [-0.05, 0) is 0 Å². The first-order valence-electron chi connectivity index (χ1n) is 8.89. The second-order valence-corrected chi connectivity index (χ2v) is 14.5. The average molecular weight is 433 g/mol. The summed E-state index contributed by atoms with van der Waals surface area (Å²) >= 11 is -0.139. The van der Waals surface area contributed by atoms with Crippen molar-refractivity contribution in [2.75, 3.05) is 0 Å². The van der Waals surface area contributed by atoms with E-state index < -0.39 is 8.07 Å². The molecule has 0 saturated heterocycles. The van der Waals surface area contributed by atoms with Crippen LogP contribution in [-0.2, 0) is 19.2 Å². The molecule has 4 heteroatoms. The molecule has 0 spiro atoms. The van der Waals surface area contributed by atoms with E-state index in [4.69, 9.17) is 0 Å². The van der Waals surface area contributed by atoms with E-state index in [0.717, 1.165) is 8.45 Å². The van der Waals surface area contributed by atoms with Gasteiger partial charge >= 0.3 is 155 Å². The largest absolute Gasteiger partial charge is 1.00 e. The number of fused-ring (bicyclic) bond motifs is 8. The molecule has 0 nitrogen and oxygen atoms in total. The fraction of sp³-hybridized carbons (Fsp3) is 0.273. The van der Waals surface area contributed by atoms with Crippen molar-refractivity contribution in [3.63, 3.8) is 0 Å². The van der Waals surface area contributed by atoms with Crippen LogP contribution in [0.15, 0.2) is 59.7 Å². The molecule has 2 aliphatic carbocycles.